The van der Waals surface area contributed by atoms with Crippen molar-refractivity contribution in [3.63, 3.8) is 0 Å². The smallest absolute Gasteiger partial charge is 0.241 e. The lowest BCUT2D eigenvalue weighted by atomic mass is 10.1. The van der Waals surface area contributed by atoms with E-state index in [4.69, 9.17) is 0 Å². The highest BCUT2D eigenvalue weighted by molar-refractivity contribution is 7.90. The Bertz CT molecular complexity index is 589. The molecular formula is C12H18F3N3O2S. The number of halogens is 3. The molecule has 1 aromatic rings. The zero-order chi connectivity index (χ0) is 15.7. The second kappa shape index (κ2) is 5.94. The number of aromatic nitrogens is 3. The van der Waals surface area contributed by atoms with Gasteiger partial charge in [0.15, 0.2) is 5.82 Å². The molecule has 1 aromatic heterocycles. The second-order valence-corrected chi connectivity index (χ2v) is 7.78. The first-order valence-electron chi connectivity index (χ1n) is 6.82. The molecule has 0 aliphatic heterocycles. The third kappa shape index (κ3) is 4.98. The van der Waals surface area contributed by atoms with Crippen molar-refractivity contribution in [3.05, 3.63) is 11.6 Å². The number of alkyl halides is 3. The van der Waals surface area contributed by atoms with Gasteiger partial charge in [-0.1, -0.05) is 12.8 Å². The summed E-state index contributed by atoms with van der Waals surface area (Å²) in [5.74, 6) is 0.379. The summed E-state index contributed by atoms with van der Waals surface area (Å²) in [6.45, 7) is -1.23. The normalized spacial score (nSPS) is 17.5. The molecule has 0 bridgehead atoms. The molecule has 0 radical (unpaired) electrons. The summed E-state index contributed by atoms with van der Waals surface area (Å²) in [5, 5.41) is 3.97. The van der Waals surface area contributed by atoms with E-state index in [2.05, 4.69) is 10.1 Å². The first kappa shape index (κ1) is 16.3. The number of rotatable bonds is 5. The quantitative estimate of drug-likeness (QED) is 0.831. The molecule has 0 amide bonds. The van der Waals surface area contributed by atoms with Crippen molar-refractivity contribution >= 4 is 9.84 Å². The van der Waals surface area contributed by atoms with Gasteiger partial charge in [-0.3, -0.25) is 0 Å². The Kier molecular flexibility index (Phi) is 4.60. The fourth-order valence-corrected chi connectivity index (χ4v) is 3.06. The minimum absolute atomic E-state index is 0.0470. The lowest BCUT2D eigenvalue weighted by Crippen LogP contribution is -2.21. The SMILES string of the molecule is CS(=O)(=O)CCc1nc(C2CCCC2)nn1CC(F)(F)F. The molecule has 9 heteroatoms. The van der Waals surface area contributed by atoms with Crippen LogP contribution in [-0.4, -0.2) is 41.4 Å². The van der Waals surface area contributed by atoms with Crippen LogP contribution in [0.15, 0.2) is 0 Å². The minimum Gasteiger partial charge on any atom is -0.241 e. The number of hydrogen-bond acceptors (Lipinski definition) is 4. The molecule has 5 nitrogen and oxygen atoms in total. The van der Waals surface area contributed by atoms with Gasteiger partial charge in [0.2, 0.25) is 0 Å². The van der Waals surface area contributed by atoms with Crippen molar-refractivity contribution in [1.82, 2.24) is 14.8 Å². The fourth-order valence-electron chi connectivity index (χ4n) is 2.51. The Morgan fingerprint density at radius 1 is 1.29 bits per heavy atom. The number of hydrogen-bond donors (Lipinski definition) is 0. The van der Waals surface area contributed by atoms with Gasteiger partial charge < -0.3 is 0 Å². The van der Waals surface area contributed by atoms with Gasteiger partial charge in [-0.05, 0) is 12.8 Å². The average molecular weight is 325 g/mol. The van der Waals surface area contributed by atoms with E-state index >= 15 is 0 Å². The zero-order valence-electron chi connectivity index (χ0n) is 11.7. The molecule has 0 unspecified atom stereocenters. The number of nitrogens with zero attached hydrogens (tertiary/aromatic N) is 3. The highest BCUT2D eigenvalue weighted by Gasteiger charge is 2.31. The second-order valence-electron chi connectivity index (χ2n) is 5.52. The lowest BCUT2D eigenvalue weighted by Gasteiger charge is -2.08. The van der Waals surface area contributed by atoms with Crippen molar-refractivity contribution in [2.75, 3.05) is 12.0 Å². The molecule has 2 rings (SSSR count). The van der Waals surface area contributed by atoms with Crippen LogP contribution in [-0.2, 0) is 22.8 Å². The molecular weight excluding hydrogens is 307 g/mol. The Morgan fingerprint density at radius 3 is 2.43 bits per heavy atom. The number of sulfone groups is 1. The van der Waals surface area contributed by atoms with E-state index < -0.39 is 22.6 Å². The standard InChI is InChI=1S/C12H18F3N3O2S/c1-21(19,20)7-6-10-16-11(9-4-2-3-5-9)17-18(10)8-12(13,14)15/h9H,2-8H2,1H3. The Hall–Kier alpha value is -1.12. The molecule has 1 aliphatic rings. The van der Waals surface area contributed by atoms with E-state index in [1.54, 1.807) is 0 Å². The van der Waals surface area contributed by atoms with Crippen LogP contribution in [0.5, 0.6) is 0 Å². The van der Waals surface area contributed by atoms with E-state index in [0.717, 1.165) is 36.6 Å². The predicted molar refractivity (Wildman–Crippen MR) is 70.7 cm³/mol. The maximum Gasteiger partial charge on any atom is 0.408 e. The van der Waals surface area contributed by atoms with Crippen LogP contribution < -0.4 is 0 Å². The summed E-state index contributed by atoms with van der Waals surface area (Å²) >= 11 is 0. The minimum atomic E-state index is -4.40. The topological polar surface area (TPSA) is 64.8 Å². The Balaban J connectivity index is 2.22. The van der Waals surface area contributed by atoms with Gasteiger partial charge >= 0.3 is 6.18 Å². The van der Waals surface area contributed by atoms with Crippen LogP contribution in [0.1, 0.15) is 43.3 Å². The molecule has 0 spiro atoms. The van der Waals surface area contributed by atoms with E-state index in [1.807, 2.05) is 0 Å². The van der Waals surface area contributed by atoms with Gasteiger partial charge in [0.25, 0.3) is 0 Å². The maximum atomic E-state index is 12.6. The molecule has 0 N–H and O–H groups in total. The summed E-state index contributed by atoms with van der Waals surface area (Å²) < 4.78 is 60.9. The van der Waals surface area contributed by atoms with Gasteiger partial charge in [-0.15, -0.1) is 0 Å². The van der Waals surface area contributed by atoms with Gasteiger partial charge in [0.05, 0.1) is 5.75 Å². The molecule has 0 aromatic carbocycles. The Morgan fingerprint density at radius 2 is 1.90 bits per heavy atom. The summed E-state index contributed by atoms with van der Waals surface area (Å²) in [4.78, 5) is 4.17. The van der Waals surface area contributed by atoms with Crippen molar-refractivity contribution < 1.29 is 21.6 Å². The monoisotopic (exact) mass is 325 g/mol. The van der Waals surface area contributed by atoms with Gasteiger partial charge in [0.1, 0.15) is 22.2 Å². The van der Waals surface area contributed by atoms with Crippen molar-refractivity contribution in [1.29, 1.82) is 0 Å². The zero-order valence-corrected chi connectivity index (χ0v) is 12.5. The van der Waals surface area contributed by atoms with Crippen LogP contribution in [0.2, 0.25) is 0 Å². The fraction of sp³-hybridized carbons (Fsp3) is 0.833. The lowest BCUT2D eigenvalue weighted by molar-refractivity contribution is -0.143. The molecule has 21 heavy (non-hydrogen) atoms. The maximum absolute atomic E-state index is 12.6. The van der Waals surface area contributed by atoms with Crippen LogP contribution in [0.3, 0.4) is 0 Å². The van der Waals surface area contributed by atoms with Crippen molar-refractivity contribution in [2.45, 2.75) is 50.7 Å². The van der Waals surface area contributed by atoms with Crippen LogP contribution in [0, 0.1) is 0 Å². The third-order valence-corrected chi connectivity index (χ3v) is 4.46. The molecule has 120 valence electrons. The van der Waals surface area contributed by atoms with Crippen molar-refractivity contribution in [2.24, 2.45) is 0 Å². The van der Waals surface area contributed by atoms with Gasteiger partial charge in [-0.25, -0.2) is 18.1 Å². The van der Waals surface area contributed by atoms with Crippen molar-refractivity contribution in [3.8, 4) is 0 Å². The van der Waals surface area contributed by atoms with E-state index in [9.17, 15) is 21.6 Å². The summed E-state index contributed by atoms with van der Waals surface area (Å²) in [6.07, 6.45) is 0.405. The Labute approximate surface area is 121 Å². The highest BCUT2D eigenvalue weighted by atomic mass is 32.2. The highest BCUT2D eigenvalue weighted by Crippen LogP contribution is 2.32. The molecule has 0 saturated heterocycles. The first-order valence-corrected chi connectivity index (χ1v) is 8.88. The van der Waals surface area contributed by atoms with Crippen LogP contribution in [0.4, 0.5) is 13.2 Å². The van der Waals surface area contributed by atoms with E-state index in [-0.39, 0.29) is 23.9 Å². The predicted octanol–water partition coefficient (Wildman–Crippen LogP) is 2.09. The third-order valence-electron chi connectivity index (χ3n) is 3.51. The number of aryl methyl sites for hydroxylation is 1. The summed E-state index contributed by atoms with van der Waals surface area (Å²) in [7, 11) is -3.25. The average Bonchev–Trinajstić information content (AvgIpc) is 2.91. The summed E-state index contributed by atoms with van der Waals surface area (Å²) in [6, 6.07) is 0. The van der Waals surface area contributed by atoms with Gasteiger partial charge in [0, 0.05) is 18.6 Å². The van der Waals surface area contributed by atoms with E-state index in [1.165, 1.54) is 0 Å². The van der Waals surface area contributed by atoms with Crippen LogP contribution >= 0.6 is 0 Å². The molecule has 1 aliphatic carbocycles. The molecule has 1 fully saturated rings. The first-order chi connectivity index (χ1) is 9.64. The summed E-state index contributed by atoms with van der Waals surface area (Å²) in [5.41, 5.74) is 0. The molecule has 1 heterocycles. The van der Waals surface area contributed by atoms with Gasteiger partial charge in [-0.2, -0.15) is 18.3 Å². The largest absolute Gasteiger partial charge is 0.408 e. The molecule has 0 atom stereocenters. The van der Waals surface area contributed by atoms with Crippen LogP contribution in [0.25, 0.3) is 0 Å². The molecule has 1 saturated carbocycles. The van der Waals surface area contributed by atoms with E-state index in [0.29, 0.717) is 5.82 Å².